The Bertz CT molecular complexity index is 1360. The van der Waals surface area contributed by atoms with Crippen molar-refractivity contribution in [3.8, 4) is 0 Å². The van der Waals surface area contributed by atoms with E-state index < -0.39 is 30.1 Å². The van der Waals surface area contributed by atoms with Gasteiger partial charge in [0, 0.05) is 26.1 Å². The molecule has 0 aliphatic carbocycles. The topological polar surface area (TPSA) is 167 Å². The highest BCUT2D eigenvalue weighted by Gasteiger charge is 2.47. The van der Waals surface area contributed by atoms with E-state index in [1.165, 1.54) is 14.2 Å². The highest BCUT2D eigenvalue weighted by atomic mass is 16.5. The highest BCUT2D eigenvalue weighted by molar-refractivity contribution is 5.89. The van der Waals surface area contributed by atoms with Gasteiger partial charge in [-0.3, -0.25) is 24.5 Å². The number of methoxy groups -OCH3 is 2. The standard InChI is InChI=1S/C27H28N2O4.C8H14N2O4/c1-32-23(30)18-11-19-33-26-24(25(31)28-26)29-27(20-12-5-2-6-13-20,21-14-7-3-8-15-21)22-16-9-4-10-17-22;1-13-5(11)3-2-4-14-8-6(9)7(12)10-8/h2-10,12-17,24,26,29H,11,18-19H2,1H3,(H,28,31);6,8H,2-4,9H2,1H3,(H,10,12)/t24-,26+;6-,8+/m11/s1. The maximum absolute atomic E-state index is 12.7. The monoisotopic (exact) mass is 646 g/mol. The molecular formula is C35H42N4O8. The van der Waals surface area contributed by atoms with Crippen molar-refractivity contribution in [3.05, 3.63) is 108 Å². The minimum Gasteiger partial charge on any atom is -0.469 e. The number of esters is 2. The average Bonchev–Trinajstić information content (AvgIpc) is 3.12. The van der Waals surface area contributed by atoms with Crippen LogP contribution in [-0.4, -0.2) is 75.7 Å². The number of nitrogens with two attached hydrogens (primary N) is 1. The number of hydrogen-bond acceptors (Lipinski definition) is 10. The SMILES string of the molecule is COC(=O)CCCO[C@@H]1NC(=O)[C@H]1N.COC(=O)CCCO[C@@H]1NC(=O)[C@H]1NC(c1ccccc1)(c1ccccc1)c1ccccc1. The first-order valence-corrected chi connectivity index (χ1v) is 15.5. The Morgan fingerprint density at radius 2 is 1.09 bits per heavy atom. The Labute approximate surface area is 274 Å². The van der Waals surface area contributed by atoms with Gasteiger partial charge < -0.3 is 35.3 Å². The summed E-state index contributed by atoms with van der Waals surface area (Å²) in [6, 6.07) is 29.2. The van der Waals surface area contributed by atoms with Gasteiger partial charge in [-0.15, -0.1) is 0 Å². The zero-order chi connectivity index (χ0) is 33.6. The summed E-state index contributed by atoms with van der Waals surface area (Å²) >= 11 is 0. The summed E-state index contributed by atoms with van der Waals surface area (Å²) in [6.45, 7) is 0.723. The number of benzene rings is 3. The molecule has 3 aromatic rings. The molecule has 12 nitrogen and oxygen atoms in total. The largest absolute Gasteiger partial charge is 0.469 e. The van der Waals surface area contributed by atoms with E-state index in [2.05, 4.69) is 61.8 Å². The number of ether oxygens (including phenoxy) is 4. The van der Waals surface area contributed by atoms with Crippen LogP contribution in [-0.2, 0) is 43.7 Å². The molecule has 2 heterocycles. The van der Waals surface area contributed by atoms with Crippen LogP contribution in [0.2, 0.25) is 0 Å². The van der Waals surface area contributed by atoms with Gasteiger partial charge in [0.05, 0.1) is 19.8 Å². The van der Waals surface area contributed by atoms with E-state index in [4.69, 9.17) is 15.2 Å². The summed E-state index contributed by atoms with van der Waals surface area (Å²) in [7, 11) is 2.71. The molecule has 5 rings (SSSR count). The third-order valence-corrected chi connectivity index (χ3v) is 7.88. The fourth-order valence-electron chi connectivity index (χ4n) is 5.25. The predicted molar refractivity (Wildman–Crippen MR) is 172 cm³/mol. The Morgan fingerprint density at radius 1 is 0.681 bits per heavy atom. The Kier molecular flexibility index (Phi) is 13.0. The van der Waals surface area contributed by atoms with Crippen LogP contribution in [0, 0.1) is 0 Å². The van der Waals surface area contributed by atoms with Crippen molar-refractivity contribution in [2.45, 2.75) is 55.8 Å². The van der Waals surface area contributed by atoms with Gasteiger partial charge in [-0.2, -0.15) is 0 Å². The Balaban J connectivity index is 0.000000300. The molecule has 0 unspecified atom stereocenters. The molecule has 4 atom stereocenters. The van der Waals surface area contributed by atoms with E-state index in [9.17, 15) is 19.2 Å². The first-order valence-electron chi connectivity index (χ1n) is 15.5. The lowest BCUT2D eigenvalue weighted by Crippen LogP contribution is -2.72. The van der Waals surface area contributed by atoms with Crippen molar-refractivity contribution in [1.29, 1.82) is 0 Å². The number of amides is 2. The summed E-state index contributed by atoms with van der Waals surface area (Å²) in [4.78, 5) is 45.3. The molecule has 250 valence electrons. The van der Waals surface area contributed by atoms with Crippen molar-refractivity contribution in [2.75, 3.05) is 27.4 Å². The number of hydrogen-bond donors (Lipinski definition) is 4. The van der Waals surface area contributed by atoms with Crippen LogP contribution in [0.15, 0.2) is 91.0 Å². The van der Waals surface area contributed by atoms with Gasteiger partial charge in [-0.1, -0.05) is 91.0 Å². The van der Waals surface area contributed by atoms with Gasteiger partial charge in [0.15, 0.2) is 12.5 Å². The summed E-state index contributed by atoms with van der Waals surface area (Å²) in [6.07, 6.45) is 0.772. The van der Waals surface area contributed by atoms with Crippen LogP contribution in [0.1, 0.15) is 42.4 Å². The molecule has 2 aliphatic heterocycles. The fraction of sp³-hybridized carbons (Fsp3) is 0.371. The Hall–Kier alpha value is -4.62. The van der Waals surface area contributed by atoms with Gasteiger partial charge >= 0.3 is 11.9 Å². The van der Waals surface area contributed by atoms with E-state index in [-0.39, 0.29) is 30.2 Å². The van der Waals surface area contributed by atoms with Gasteiger partial charge in [0.2, 0.25) is 11.8 Å². The molecule has 47 heavy (non-hydrogen) atoms. The molecule has 2 aliphatic rings. The lowest BCUT2D eigenvalue weighted by molar-refractivity contribution is -0.150. The minimum atomic E-state index is -0.764. The van der Waals surface area contributed by atoms with Gasteiger partial charge in [-0.25, -0.2) is 0 Å². The van der Waals surface area contributed by atoms with E-state index in [0.717, 1.165) is 16.7 Å². The molecule has 3 aromatic carbocycles. The molecule has 0 aromatic heterocycles. The second kappa shape index (κ2) is 17.3. The number of rotatable bonds is 15. The van der Waals surface area contributed by atoms with Gasteiger partial charge in [0.25, 0.3) is 0 Å². The van der Waals surface area contributed by atoms with E-state index in [0.29, 0.717) is 32.5 Å². The molecule has 2 fully saturated rings. The first-order chi connectivity index (χ1) is 22.8. The normalized spacial score (nSPS) is 19.9. The summed E-state index contributed by atoms with van der Waals surface area (Å²) in [5.41, 5.74) is 7.70. The first kappa shape index (κ1) is 35.2. The van der Waals surface area contributed by atoms with Crippen molar-refractivity contribution < 1.29 is 38.1 Å². The summed E-state index contributed by atoms with van der Waals surface area (Å²) in [5, 5.41) is 8.97. The lowest BCUT2D eigenvalue weighted by Gasteiger charge is -2.45. The third-order valence-electron chi connectivity index (χ3n) is 7.88. The molecular weight excluding hydrogens is 604 g/mol. The molecule has 0 bridgehead atoms. The minimum absolute atomic E-state index is 0.125. The third kappa shape index (κ3) is 9.01. The van der Waals surface area contributed by atoms with Crippen molar-refractivity contribution in [3.63, 3.8) is 0 Å². The van der Waals surface area contributed by atoms with Crippen molar-refractivity contribution >= 4 is 23.8 Å². The molecule has 2 saturated heterocycles. The van der Waals surface area contributed by atoms with E-state index in [1.54, 1.807) is 0 Å². The van der Waals surface area contributed by atoms with Crippen LogP contribution in [0.5, 0.6) is 0 Å². The maximum Gasteiger partial charge on any atom is 0.305 e. The number of carbonyl (C=O) groups is 4. The second-order valence-corrected chi connectivity index (χ2v) is 11.0. The zero-order valence-corrected chi connectivity index (χ0v) is 26.6. The van der Waals surface area contributed by atoms with Gasteiger partial charge in [-0.05, 0) is 29.5 Å². The quantitative estimate of drug-likeness (QED) is 0.0831. The van der Waals surface area contributed by atoms with Crippen LogP contribution in [0.25, 0.3) is 0 Å². The van der Waals surface area contributed by atoms with E-state index in [1.807, 2.05) is 54.6 Å². The molecule has 2 amide bonds. The number of carbonyl (C=O) groups excluding carboxylic acids is 4. The van der Waals surface area contributed by atoms with Crippen LogP contribution in [0.4, 0.5) is 0 Å². The maximum atomic E-state index is 12.7. The smallest absolute Gasteiger partial charge is 0.305 e. The highest BCUT2D eigenvalue weighted by Crippen LogP contribution is 2.38. The van der Waals surface area contributed by atoms with Crippen LogP contribution >= 0.6 is 0 Å². The van der Waals surface area contributed by atoms with E-state index >= 15 is 0 Å². The summed E-state index contributed by atoms with van der Waals surface area (Å²) in [5.74, 6) is -0.874. The fourth-order valence-corrected chi connectivity index (χ4v) is 5.25. The summed E-state index contributed by atoms with van der Waals surface area (Å²) < 4.78 is 20.2. The van der Waals surface area contributed by atoms with Crippen LogP contribution < -0.4 is 21.7 Å². The van der Waals surface area contributed by atoms with Crippen molar-refractivity contribution in [2.24, 2.45) is 5.73 Å². The number of β-lactam (4-membered cyclic amide) rings is 2. The molecule has 0 radical (unpaired) electrons. The molecule has 12 heteroatoms. The van der Waals surface area contributed by atoms with Crippen molar-refractivity contribution in [1.82, 2.24) is 16.0 Å². The van der Waals surface area contributed by atoms with Crippen LogP contribution in [0.3, 0.4) is 0 Å². The molecule has 5 N–H and O–H groups in total. The molecule has 0 saturated carbocycles. The molecule has 0 spiro atoms. The average molecular weight is 647 g/mol. The lowest BCUT2D eigenvalue weighted by atomic mass is 9.76. The predicted octanol–water partition coefficient (Wildman–Crippen LogP) is 2.10. The second-order valence-electron chi connectivity index (χ2n) is 11.0. The number of nitrogens with one attached hydrogen (secondary N) is 3. The zero-order valence-electron chi connectivity index (χ0n) is 26.6. The van der Waals surface area contributed by atoms with Gasteiger partial charge in [0.1, 0.15) is 12.1 Å². The Morgan fingerprint density at radius 3 is 1.45 bits per heavy atom.